The van der Waals surface area contributed by atoms with Crippen LogP contribution < -0.4 is 5.73 Å². The highest BCUT2D eigenvalue weighted by atomic mass is 15.1. The first kappa shape index (κ1) is 13.9. The number of hydrogen-bond acceptors (Lipinski definition) is 3. The number of nitrogens with zero attached hydrogens (tertiary/aromatic N) is 2. The quantitative estimate of drug-likeness (QED) is 0.741. The molecule has 96 valence electrons. The minimum absolute atomic E-state index is 0.663. The zero-order chi connectivity index (χ0) is 12.0. The first-order valence-corrected chi connectivity index (χ1v) is 6.69. The van der Waals surface area contributed by atoms with Crippen LogP contribution in [-0.2, 0) is 0 Å². The zero-order valence-corrected chi connectivity index (χ0v) is 11.3. The molecule has 2 N–H and O–H groups in total. The maximum Gasteiger partial charge on any atom is 0.00188 e. The third-order valence-electron chi connectivity index (χ3n) is 3.70. The van der Waals surface area contributed by atoms with Crippen molar-refractivity contribution in [1.82, 2.24) is 9.80 Å². The Bertz CT molecular complexity index is 184. The molecule has 3 nitrogen and oxygen atoms in total. The first-order valence-electron chi connectivity index (χ1n) is 6.69. The van der Waals surface area contributed by atoms with Crippen molar-refractivity contribution in [2.75, 3.05) is 46.8 Å². The van der Waals surface area contributed by atoms with E-state index in [9.17, 15) is 0 Å². The molecule has 16 heavy (non-hydrogen) atoms. The highest BCUT2D eigenvalue weighted by molar-refractivity contribution is 4.73. The molecule has 2 atom stereocenters. The van der Waals surface area contributed by atoms with Crippen LogP contribution >= 0.6 is 0 Å². The second-order valence-electron chi connectivity index (χ2n) is 5.66. The second-order valence-corrected chi connectivity index (χ2v) is 5.66. The minimum atomic E-state index is 0.663. The van der Waals surface area contributed by atoms with Crippen LogP contribution in [0.1, 0.15) is 26.2 Å². The topological polar surface area (TPSA) is 32.5 Å². The molecule has 1 aliphatic rings. The fourth-order valence-electron chi connectivity index (χ4n) is 2.51. The molecular formula is C13H29N3. The SMILES string of the molecule is CC(CN)CCN(C)CC1CCCN(C)C1. The fraction of sp³-hybridized carbons (Fsp3) is 1.00. The van der Waals surface area contributed by atoms with Crippen molar-refractivity contribution >= 4 is 0 Å². The third kappa shape index (κ3) is 5.28. The Hall–Kier alpha value is -0.120. The van der Waals surface area contributed by atoms with Gasteiger partial charge >= 0.3 is 0 Å². The van der Waals surface area contributed by atoms with E-state index < -0.39 is 0 Å². The van der Waals surface area contributed by atoms with Gasteiger partial charge in [-0.25, -0.2) is 0 Å². The van der Waals surface area contributed by atoms with E-state index in [0.29, 0.717) is 5.92 Å². The maximum atomic E-state index is 5.64. The van der Waals surface area contributed by atoms with Gasteiger partial charge in [-0.15, -0.1) is 0 Å². The van der Waals surface area contributed by atoms with E-state index in [1.165, 1.54) is 45.4 Å². The number of piperidine rings is 1. The predicted octanol–water partition coefficient (Wildman–Crippen LogP) is 1.24. The number of hydrogen-bond donors (Lipinski definition) is 1. The Labute approximate surface area is 101 Å². The van der Waals surface area contributed by atoms with Gasteiger partial charge in [0.2, 0.25) is 0 Å². The molecule has 2 unspecified atom stereocenters. The smallest absolute Gasteiger partial charge is 0.00188 e. The zero-order valence-electron chi connectivity index (χ0n) is 11.3. The van der Waals surface area contributed by atoms with Gasteiger partial charge in [0, 0.05) is 13.1 Å². The first-order chi connectivity index (χ1) is 7.61. The molecule has 0 spiro atoms. The van der Waals surface area contributed by atoms with Gasteiger partial charge in [0.25, 0.3) is 0 Å². The molecular weight excluding hydrogens is 198 g/mol. The van der Waals surface area contributed by atoms with Gasteiger partial charge in [0.1, 0.15) is 0 Å². The molecule has 0 bridgehead atoms. The number of nitrogens with two attached hydrogens (primary N) is 1. The van der Waals surface area contributed by atoms with Crippen molar-refractivity contribution in [3.8, 4) is 0 Å². The Morgan fingerprint density at radius 1 is 1.50 bits per heavy atom. The summed E-state index contributed by atoms with van der Waals surface area (Å²) >= 11 is 0. The lowest BCUT2D eigenvalue weighted by Crippen LogP contribution is -2.38. The van der Waals surface area contributed by atoms with Crippen molar-refractivity contribution in [2.24, 2.45) is 17.6 Å². The van der Waals surface area contributed by atoms with Crippen LogP contribution in [0, 0.1) is 11.8 Å². The molecule has 0 aromatic carbocycles. The van der Waals surface area contributed by atoms with Gasteiger partial charge in [-0.05, 0) is 64.8 Å². The molecule has 0 amide bonds. The van der Waals surface area contributed by atoms with Crippen molar-refractivity contribution in [3.63, 3.8) is 0 Å². The highest BCUT2D eigenvalue weighted by Gasteiger charge is 2.18. The molecule has 0 aliphatic carbocycles. The molecule has 0 radical (unpaired) electrons. The van der Waals surface area contributed by atoms with Gasteiger partial charge in [-0.1, -0.05) is 6.92 Å². The van der Waals surface area contributed by atoms with E-state index in [4.69, 9.17) is 5.73 Å². The summed E-state index contributed by atoms with van der Waals surface area (Å²) in [5.74, 6) is 1.54. The lowest BCUT2D eigenvalue weighted by molar-refractivity contribution is 0.163. The Balaban J connectivity index is 2.15. The molecule has 1 rings (SSSR count). The average Bonchev–Trinajstić information content (AvgIpc) is 2.26. The van der Waals surface area contributed by atoms with Gasteiger partial charge in [0.05, 0.1) is 0 Å². The monoisotopic (exact) mass is 227 g/mol. The van der Waals surface area contributed by atoms with Crippen LogP contribution in [0.25, 0.3) is 0 Å². The molecule has 0 aromatic heterocycles. The van der Waals surface area contributed by atoms with Crippen LogP contribution in [0.2, 0.25) is 0 Å². The molecule has 3 heteroatoms. The van der Waals surface area contributed by atoms with E-state index in [1.54, 1.807) is 0 Å². The summed E-state index contributed by atoms with van der Waals surface area (Å²) in [7, 11) is 4.49. The maximum absolute atomic E-state index is 5.64. The molecule has 1 fully saturated rings. The summed E-state index contributed by atoms with van der Waals surface area (Å²) < 4.78 is 0. The molecule has 0 aromatic rings. The van der Waals surface area contributed by atoms with E-state index in [-0.39, 0.29) is 0 Å². The van der Waals surface area contributed by atoms with Crippen LogP contribution in [0.3, 0.4) is 0 Å². The predicted molar refractivity (Wildman–Crippen MR) is 70.6 cm³/mol. The summed E-state index contributed by atoms with van der Waals surface area (Å²) in [5, 5.41) is 0. The lowest BCUT2D eigenvalue weighted by atomic mass is 9.98. The summed E-state index contributed by atoms with van der Waals surface area (Å²) in [6.07, 6.45) is 4.00. The number of rotatable bonds is 6. The van der Waals surface area contributed by atoms with Crippen molar-refractivity contribution in [1.29, 1.82) is 0 Å². The summed E-state index contributed by atoms with van der Waals surface area (Å²) in [5.41, 5.74) is 5.64. The van der Waals surface area contributed by atoms with Gasteiger partial charge < -0.3 is 15.5 Å². The lowest BCUT2D eigenvalue weighted by Gasteiger charge is -2.32. The normalized spacial score (nSPS) is 24.9. The third-order valence-corrected chi connectivity index (χ3v) is 3.70. The van der Waals surface area contributed by atoms with E-state index in [2.05, 4.69) is 30.8 Å². The van der Waals surface area contributed by atoms with Crippen LogP contribution in [-0.4, -0.2) is 56.6 Å². The Morgan fingerprint density at radius 3 is 2.88 bits per heavy atom. The Kier molecular flexibility index (Phi) is 6.32. The largest absolute Gasteiger partial charge is 0.330 e. The Morgan fingerprint density at radius 2 is 2.25 bits per heavy atom. The minimum Gasteiger partial charge on any atom is -0.330 e. The van der Waals surface area contributed by atoms with Gasteiger partial charge in [-0.3, -0.25) is 0 Å². The molecule has 1 saturated heterocycles. The van der Waals surface area contributed by atoms with Crippen LogP contribution in [0.4, 0.5) is 0 Å². The van der Waals surface area contributed by atoms with Gasteiger partial charge in [-0.2, -0.15) is 0 Å². The highest BCUT2D eigenvalue weighted by Crippen LogP contribution is 2.16. The second kappa shape index (κ2) is 7.25. The number of likely N-dealkylation sites (tertiary alicyclic amines) is 1. The average molecular weight is 227 g/mol. The summed E-state index contributed by atoms with van der Waals surface area (Å²) in [4.78, 5) is 4.94. The fourth-order valence-corrected chi connectivity index (χ4v) is 2.51. The summed E-state index contributed by atoms with van der Waals surface area (Å²) in [6.45, 7) is 8.06. The van der Waals surface area contributed by atoms with Crippen molar-refractivity contribution < 1.29 is 0 Å². The van der Waals surface area contributed by atoms with Crippen LogP contribution in [0.5, 0.6) is 0 Å². The molecule has 1 aliphatic heterocycles. The van der Waals surface area contributed by atoms with E-state index in [0.717, 1.165) is 12.5 Å². The van der Waals surface area contributed by atoms with Crippen LogP contribution in [0.15, 0.2) is 0 Å². The van der Waals surface area contributed by atoms with E-state index >= 15 is 0 Å². The summed E-state index contributed by atoms with van der Waals surface area (Å²) in [6, 6.07) is 0. The van der Waals surface area contributed by atoms with Crippen molar-refractivity contribution in [2.45, 2.75) is 26.2 Å². The van der Waals surface area contributed by atoms with Gasteiger partial charge in [0.15, 0.2) is 0 Å². The standard InChI is InChI=1S/C13H29N3/c1-12(9-14)6-8-16(3)11-13-5-4-7-15(2)10-13/h12-13H,4-11,14H2,1-3H3. The van der Waals surface area contributed by atoms with Crippen molar-refractivity contribution in [3.05, 3.63) is 0 Å². The van der Waals surface area contributed by atoms with E-state index in [1.807, 2.05) is 0 Å². The molecule has 1 heterocycles. The molecule has 0 saturated carbocycles.